The van der Waals surface area contributed by atoms with E-state index < -0.39 is 6.10 Å². The van der Waals surface area contributed by atoms with E-state index in [9.17, 15) is 9.90 Å². The lowest BCUT2D eigenvalue weighted by atomic mass is 9.97. The molecule has 2 atom stereocenters. The zero-order chi connectivity index (χ0) is 17.5. The zero-order valence-electron chi connectivity index (χ0n) is 14.5. The first kappa shape index (κ1) is 18.0. The van der Waals surface area contributed by atoms with E-state index in [2.05, 4.69) is 5.32 Å². The van der Waals surface area contributed by atoms with Crippen molar-refractivity contribution in [2.24, 2.45) is 0 Å². The molecule has 0 saturated heterocycles. The number of hydrogen-bond donors (Lipinski definition) is 2. The third kappa shape index (κ3) is 4.83. The molecule has 0 bridgehead atoms. The molecule has 0 aromatic heterocycles. The highest BCUT2D eigenvalue weighted by atomic mass is 16.5. The Kier molecular flexibility index (Phi) is 6.38. The Labute approximate surface area is 143 Å². The third-order valence-corrected chi connectivity index (χ3v) is 4.19. The van der Waals surface area contributed by atoms with Crippen molar-refractivity contribution in [2.75, 3.05) is 13.7 Å². The summed E-state index contributed by atoms with van der Waals surface area (Å²) < 4.78 is 5.22. The summed E-state index contributed by atoms with van der Waals surface area (Å²) in [6, 6.07) is 15.4. The van der Waals surface area contributed by atoms with Gasteiger partial charge in [0.15, 0.2) is 0 Å². The predicted molar refractivity (Wildman–Crippen MR) is 95.2 cm³/mol. The van der Waals surface area contributed by atoms with Crippen LogP contribution in [-0.2, 0) is 4.79 Å². The molecule has 2 unspecified atom stereocenters. The van der Waals surface area contributed by atoms with Crippen molar-refractivity contribution >= 4 is 5.91 Å². The average Bonchev–Trinajstić information content (AvgIpc) is 2.60. The van der Waals surface area contributed by atoms with Gasteiger partial charge in [0.05, 0.1) is 13.2 Å². The maximum absolute atomic E-state index is 12.1. The smallest absolute Gasteiger partial charge is 0.220 e. The fourth-order valence-corrected chi connectivity index (χ4v) is 2.70. The minimum atomic E-state index is -0.692. The van der Waals surface area contributed by atoms with Gasteiger partial charge < -0.3 is 15.2 Å². The molecule has 2 aromatic rings. The number of aliphatic hydroxyl groups excluding tert-OH is 1. The number of nitrogens with one attached hydrogen (secondary N) is 1. The summed E-state index contributed by atoms with van der Waals surface area (Å²) in [6.07, 6.45) is -0.324. The lowest BCUT2D eigenvalue weighted by molar-refractivity contribution is -0.121. The van der Waals surface area contributed by atoms with Crippen LogP contribution in [0.1, 0.15) is 42.1 Å². The van der Waals surface area contributed by atoms with Crippen LogP contribution in [0.5, 0.6) is 5.75 Å². The third-order valence-electron chi connectivity index (χ3n) is 4.19. The number of hydrogen-bond acceptors (Lipinski definition) is 3. The number of aryl methyl sites for hydroxylation is 1. The van der Waals surface area contributed by atoms with Gasteiger partial charge in [0.25, 0.3) is 0 Å². The highest BCUT2D eigenvalue weighted by Crippen LogP contribution is 2.23. The zero-order valence-corrected chi connectivity index (χ0v) is 14.5. The summed E-state index contributed by atoms with van der Waals surface area (Å²) in [6.45, 7) is 4.17. The summed E-state index contributed by atoms with van der Waals surface area (Å²) >= 11 is 0. The fraction of sp³-hybridized carbons (Fsp3) is 0.350. The summed E-state index contributed by atoms with van der Waals surface area (Å²) in [7, 11) is 1.63. The van der Waals surface area contributed by atoms with E-state index in [0.29, 0.717) is 6.42 Å². The van der Waals surface area contributed by atoms with Gasteiger partial charge in [-0.15, -0.1) is 0 Å². The highest BCUT2D eigenvalue weighted by molar-refractivity contribution is 5.76. The molecule has 2 aromatic carbocycles. The molecule has 2 N–H and O–H groups in total. The van der Waals surface area contributed by atoms with Gasteiger partial charge in [-0.25, -0.2) is 0 Å². The van der Waals surface area contributed by atoms with Gasteiger partial charge >= 0.3 is 0 Å². The second-order valence-electron chi connectivity index (χ2n) is 6.06. The molecule has 0 spiro atoms. The van der Waals surface area contributed by atoms with Crippen LogP contribution in [0.3, 0.4) is 0 Å². The van der Waals surface area contributed by atoms with Crippen LogP contribution in [0.15, 0.2) is 48.5 Å². The van der Waals surface area contributed by atoms with Crippen molar-refractivity contribution in [2.45, 2.75) is 32.3 Å². The summed E-state index contributed by atoms with van der Waals surface area (Å²) in [5.74, 6) is 0.795. The van der Waals surface area contributed by atoms with E-state index in [1.165, 1.54) is 0 Å². The van der Waals surface area contributed by atoms with Gasteiger partial charge in [-0.1, -0.05) is 43.3 Å². The molecule has 0 aliphatic carbocycles. The molecule has 4 nitrogen and oxygen atoms in total. The number of carbonyl (C=O) groups is 1. The molecule has 0 aliphatic heterocycles. The molecular weight excluding hydrogens is 302 g/mol. The number of methoxy groups -OCH3 is 1. The summed E-state index contributed by atoms with van der Waals surface area (Å²) in [5.41, 5.74) is 2.92. The van der Waals surface area contributed by atoms with Crippen LogP contribution in [-0.4, -0.2) is 24.7 Å². The van der Waals surface area contributed by atoms with Crippen molar-refractivity contribution in [1.29, 1.82) is 0 Å². The van der Waals surface area contributed by atoms with E-state index in [-0.39, 0.29) is 18.4 Å². The number of carbonyl (C=O) groups excluding carboxylic acids is 1. The van der Waals surface area contributed by atoms with Gasteiger partial charge in [0.2, 0.25) is 5.91 Å². The monoisotopic (exact) mass is 327 g/mol. The number of aliphatic hydroxyl groups is 1. The van der Waals surface area contributed by atoms with E-state index in [4.69, 9.17) is 4.74 Å². The van der Waals surface area contributed by atoms with Crippen LogP contribution < -0.4 is 10.1 Å². The molecule has 0 radical (unpaired) electrons. The van der Waals surface area contributed by atoms with Crippen LogP contribution in [0, 0.1) is 6.92 Å². The van der Waals surface area contributed by atoms with Crippen LogP contribution in [0.25, 0.3) is 0 Å². The number of ether oxygens (including phenoxy) is 1. The first-order chi connectivity index (χ1) is 11.5. The van der Waals surface area contributed by atoms with Crippen LogP contribution in [0.2, 0.25) is 0 Å². The van der Waals surface area contributed by atoms with Crippen LogP contribution >= 0.6 is 0 Å². The van der Waals surface area contributed by atoms with Crippen molar-refractivity contribution in [3.63, 3.8) is 0 Å². The number of rotatable bonds is 7. The van der Waals surface area contributed by atoms with Gasteiger partial charge in [-0.2, -0.15) is 0 Å². The maximum atomic E-state index is 12.1. The largest absolute Gasteiger partial charge is 0.497 e. The lowest BCUT2D eigenvalue weighted by Crippen LogP contribution is -2.29. The van der Waals surface area contributed by atoms with Crippen LogP contribution in [0.4, 0.5) is 0 Å². The Morgan fingerprint density at radius 1 is 1.21 bits per heavy atom. The lowest BCUT2D eigenvalue weighted by Gasteiger charge is -2.16. The molecule has 128 valence electrons. The second kappa shape index (κ2) is 8.50. The van der Waals surface area contributed by atoms with E-state index >= 15 is 0 Å². The standard InChI is InChI=1S/C20H25NO3/c1-14-7-4-5-10-18(14)19(22)13-21-20(23)11-15(2)16-8-6-9-17(12-16)24-3/h4-10,12,15,19,22H,11,13H2,1-3H3,(H,21,23). The molecular formula is C20H25NO3. The molecule has 2 rings (SSSR count). The topological polar surface area (TPSA) is 58.6 Å². The molecule has 0 aliphatic rings. The molecule has 4 heteroatoms. The molecule has 0 heterocycles. The summed E-state index contributed by atoms with van der Waals surface area (Å²) in [4.78, 5) is 12.1. The number of benzene rings is 2. The first-order valence-corrected chi connectivity index (χ1v) is 8.15. The average molecular weight is 327 g/mol. The highest BCUT2D eigenvalue weighted by Gasteiger charge is 2.15. The SMILES string of the molecule is COc1cccc(C(C)CC(=O)NCC(O)c2ccccc2C)c1. The maximum Gasteiger partial charge on any atom is 0.220 e. The van der Waals surface area contributed by atoms with Crippen molar-refractivity contribution in [3.05, 3.63) is 65.2 Å². The second-order valence-corrected chi connectivity index (χ2v) is 6.06. The van der Waals surface area contributed by atoms with Gasteiger partial charge in [-0.05, 0) is 41.7 Å². The van der Waals surface area contributed by atoms with Gasteiger partial charge in [-0.3, -0.25) is 4.79 Å². The van der Waals surface area contributed by atoms with E-state index in [1.54, 1.807) is 7.11 Å². The van der Waals surface area contributed by atoms with Gasteiger partial charge in [0.1, 0.15) is 5.75 Å². The minimum absolute atomic E-state index is 0.0713. The normalized spacial score (nSPS) is 13.2. The van der Waals surface area contributed by atoms with Crippen molar-refractivity contribution in [3.8, 4) is 5.75 Å². The van der Waals surface area contributed by atoms with Crippen molar-refractivity contribution < 1.29 is 14.6 Å². The Hall–Kier alpha value is -2.33. The molecule has 0 fully saturated rings. The Bertz CT molecular complexity index is 684. The fourth-order valence-electron chi connectivity index (χ4n) is 2.70. The van der Waals surface area contributed by atoms with Gasteiger partial charge in [0, 0.05) is 13.0 Å². The van der Waals surface area contributed by atoms with Crippen molar-refractivity contribution in [1.82, 2.24) is 5.32 Å². The molecule has 0 saturated carbocycles. The predicted octanol–water partition coefficient (Wildman–Crippen LogP) is 3.35. The Morgan fingerprint density at radius 3 is 2.67 bits per heavy atom. The molecule has 24 heavy (non-hydrogen) atoms. The van der Waals surface area contributed by atoms with E-state index in [0.717, 1.165) is 22.4 Å². The Balaban J connectivity index is 1.87. The molecule has 1 amide bonds. The summed E-state index contributed by atoms with van der Waals surface area (Å²) in [5, 5.41) is 13.1. The first-order valence-electron chi connectivity index (χ1n) is 8.15. The number of amides is 1. The minimum Gasteiger partial charge on any atom is -0.497 e. The quantitative estimate of drug-likeness (QED) is 0.820. The Morgan fingerprint density at radius 2 is 1.96 bits per heavy atom. The van der Waals surface area contributed by atoms with E-state index in [1.807, 2.05) is 62.4 Å².